The highest BCUT2D eigenvalue weighted by atomic mass is 16.5. The average Bonchev–Trinajstić information content (AvgIpc) is 2.83. The van der Waals surface area contributed by atoms with Crippen LogP contribution in [0.25, 0.3) is 0 Å². The van der Waals surface area contributed by atoms with E-state index in [9.17, 15) is 0 Å². The maximum atomic E-state index is 5.63. The molecule has 0 amide bonds. The van der Waals surface area contributed by atoms with Crippen molar-refractivity contribution in [2.45, 2.75) is 0 Å². The normalized spacial score (nSPS) is 14.6. The summed E-state index contributed by atoms with van der Waals surface area (Å²) in [5, 5.41) is 3.25. The molecule has 0 aliphatic carbocycles. The highest BCUT2D eigenvalue weighted by Gasteiger charge is 2.07. The fourth-order valence-corrected chi connectivity index (χ4v) is 1.65. The van der Waals surface area contributed by atoms with Gasteiger partial charge in [-0.3, -0.25) is 4.99 Å². The number of nitrogens with one attached hydrogen (secondary N) is 1. The Balaban J connectivity index is 1.89. The van der Waals surface area contributed by atoms with E-state index < -0.39 is 0 Å². The topological polar surface area (TPSA) is 36.9 Å². The Kier molecular flexibility index (Phi) is 3.98. The van der Waals surface area contributed by atoms with E-state index >= 15 is 0 Å². The van der Waals surface area contributed by atoms with Crippen molar-refractivity contribution < 1.29 is 4.74 Å². The zero-order chi connectivity index (χ0) is 12.1. The van der Waals surface area contributed by atoms with Crippen LogP contribution in [0.2, 0.25) is 0 Å². The van der Waals surface area contributed by atoms with Crippen molar-refractivity contribution in [3.05, 3.63) is 29.8 Å². The molecule has 1 heterocycles. The predicted molar refractivity (Wildman–Crippen MR) is 69.9 cm³/mol. The first-order valence-electron chi connectivity index (χ1n) is 5.92. The van der Waals surface area contributed by atoms with E-state index in [1.807, 2.05) is 38.4 Å². The molecule has 1 aromatic carbocycles. The number of aliphatic imine (C=N–C) groups is 1. The van der Waals surface area contributed by atoms with E-state index in [0.717, 1.165) is 36.8 Å². The smallest absolute Gasteiger partial charge is 0.128 e. The Bertz CT molecular complexity index is 384. The van der Waals surface area contributed by atoms with Crippen LogP contribution in [0, 0.1) is 0 Å². The van der Waals surface area contributed by atoms with Crippen molar-refractivity contribution in [1.82, 2.24) is 10.2 Å². The van der Waals surface area contributed by atoms with Crippen molar-refractivity contribution in [2.24, 2.45) is 4.99 Å². The monoisotopic (exact) mass is 233 g/mol. The first-order chi connectivity index (χ1) is 8.25. The van der Waals surface area contributed by atoms with Crippen LogP contribution in [-0.2, 0) is 0 Å². The number of hydrogen-bond acceptors (Lipinski definition) is 4. The molecule has 1 aliphatic rings. The lowest BCUT2D eigenvalue weighted by Gasteiger charge is -2.11. The quantitative estimate of drug-likeness (QED) is 0.823. The minimum atomic E-state index is 0.714. The fourth-order valence-electron chi connectivity index (χ4n) is 1.65. The number of benzene rings is 1. The zero-order valence-electron chi connectivity index (χ0n) is 10.4. The van der Waals surface area contributed by atoms with E-state index in [-0.39, 0.29) is 0 Å². The number of ether oxygens (including phenoxy) is 1. The Labute approximate surface area is 102 Å². The van der Waals surface area contributed by atoms with Gasteiger partial charge in [-0.25, -0.2) is 0 Å². The highest BCUT2D eigenvalue weighted by molar-refractivity contribution is 5.99. The van der Waals surface area contributed by atoms with Crippen molar-refractivity contribution in [3.63, 3.8) is 0 Å². The van der Waals surface area contributed by atoms with Crippen molar-refractivity contribution in [3.8, 4) is 5.75 Å². The van der Waals surface area contributed by atoms with Gasteiger partial charge in [0, 0.05) is 18.7 Å². The standard InChI is InChI=1S/C13H19N3O/c1-16(2)9-10-17-12-5-3-11(4-6-12)13-14-7-8-15-13/h3-6H,7-10H2,1-2H3,(H,14,15). The van der Waals surface area contributed by atoms with Gasteiger partial charge in [-0.05, 0) is 38.4 Å². The molecular weight excluding hydrogens is 214 g/mol. The Morgan fingerprint density at radius 2 is 2.06 bits per heavy atom. The van der Waals surface area contributed by atoms with Crippen LogP contribution in [0.5, 0.6) is 5.75 Å². The summed E-state index contributed by atoms with van der Waals surface area (Å²) in [6, 6.07) is 8.07. The van der Waals surface area contributed by atoms with Crippen LogP contribution in [0.1, 0.15) is 5.56 Å². The van der Waals surface area contributed by atoms with Crippen LogP contribution >= 0.6 is 0 Å². The number of nitrogens with zero attached hydrogens (tertiary/aromatic N) is 2. The van der Waals surface area contributed by atoms with Crippen molar-refractivity contribution in [1.29, 1.82) is 0 Å². The summed E-state index contributed by atoms with van der Waals surface area (Å²) in [4.78, 5) is 6.48. The molecule has 0 bridgehead atoms. The second-order valence-electron chi connectivity index (χ2n) is 4.33. The van der Waals surface area contributed by atoms with Gasteiger partial charge in [0.15, 0.2) is 0 Å². The summed E-state index contributed by atoms with van der Waals surface area (Å²) in [6.07, 6.45) is 0. The van der Waals surface area contributed by atoms with E-state index in [1.54, 1.807) is 0 Å². The van der Waals surface area contributed by atoms with Gasteiger partial charge in [0.1, 0.15) is 18.2 Å². The van der Waals surface area contributed by atoms with Gasteiger partial charge in [0.05, 0.1) is 6.54 Å². The molecule has 0 saturated carbocycles. The number of amidine groups is 1. The van der Waals surface area contributed by atoms with E-state index in [2.05, 4.69) is 15.2 Å². The van der Waals surface area contributed by atoms with Gasteiger partial charge in [-0.2, -0.15) is 0 Å². The van der Waals surface area contributed by atoms with Gasteiger partial charge >= 0.3 is 0 Å². The second kappa shape index (κ2) is 5.68. The van der Waals surface area contributed by atoms with Crippen LogP contribution < -0.4 is 10.1 Å². The van der Waals surface area contributed by atoms with Crippen molar-refractivity contribution in [2.75, 3.05) is 40.3 Å². The van der Waals surface area contributed by atoms with Gasteiger partial charge in [0.25, 0.3) is 0 Å². The molecule has 1 aliphatic heterocycles. The molecule has 17 heavy (non-hydrogen) atoms. The summed E-state index contributed by atoms with van der Waals surface area (Å²) in [6.45, 7) is 3.45. The molecule has 0 saturated heterocycles. The Hall–Kier alpha value is -1.55. The number of likely N-dealkylation sites (N-methyl/N-ethyl adjacent to an activating group) is 1. The summed E-state index contributed by atoms with van der Waals surface area (Å²) in [5.41, 5.74) is 1.13. The highest BCUT2D eigenvalue weighted by Crippen LogP contribution is 2.13. The third-order valence-corrected chi connectivity index (χ3v) is 2.61. The maximum absolute atomic E-state index is 5.63. The van der Waals surface area contributed by atoms with Crippen molar-refractivity contribution >= 4 is 5.84 Å². The lowest BCUT2D eigenvalue weighted by atomic mass is 10.2. The molecule has 0 unspecified atom stereocenters. The SMILES string of the molecule is CN(C)CCOc1ccc(C2=NCCN2)cc1. The average molecular weight is 233 g/mol. The number of hydrogen-bond donors (Lipinski definition) is 1. The van der Waals surface area contributed by atoms with E-state index in [4.69, 9.17) is 4.74 Å². The molecular formula is C13H19N3O. The molecule has 2 rings (SSSR count). The summed E-state index contributed by atoms with van der Waals surface area (Å²) < 4.78 is 5.63. The predicted octanol–water partition coefficient (Wildman–Crippen LogP) is 0.977. The van der Waals surface area contributed by atoms with Crippen LogP contribution in [0.15, 0.2) is 29.3 Å². The molecule has 4 nitrogen and oxygen atoms in total. The van der Waals surface area contributed by atoms with Gasteiger partial charge in [-0.1, -0.05) is 0 Å². The summed E-state index contributed by atoms with van der Waals surface area (Å²) in [5.74, 6) is 1.90. The van der Waals surface area contributed by atoms with E-state index in [1.165, 1.54) is 0 Å². The third-order valence-electron chi connectivity index (χ3n) is 2.61. The van der Waals surface area contributed by atoms with Gasteiger partial charge in [0.2, 0.25) is 0 Å². The first-order valence-corrected chi connectivity index (χ1v) is 5.92. The zero-order valence-corrected chi connectivity index (χ0v) is 10.4. The number of rotatable bonds is 5. The molecule has 0 radical (unpaired) electrons. The van der Waals surface area contributed by atoms with Crippen LogP contribution in [0.3, 0.4) is 0 Å². The fraction of sp³-hybridized carbons (Fsp3) is 0.462. The Morgan fingerprint density at radius 1 is 1.29 bits per heavy atom. The molecule has 92 valence electrons. The second-order valence-corrected chi connectivity index (χ2v) is 4.33. The molecule has 0 aromatic heterocycles. The maximum Gasteiger partial charge on any atom is 0.128 e. The van der Waals surface area contributed by atoms with Gasteiger partial charge in [-0.15, -0.1) is 0 Å². The van der Waals surface area contributed by atoms with Gasteiger partial charge < -0.3 is 15.0 Å². The van der Waals surface area contributed by atoms with E-state index in [0.29, 0.717) is 6.61 Å². The first kappa shape index (κ1) is 11.9. The molecule has 0 spiro atoms. The molecule has 4 heteroatoms. The lowest BCUT2D eigenvalue weighted by Crippen LogP contribution is -2.20. The third kappa shape index (κ3) is 3.46. The Morgan fingerprint density at radius 3 is 2.65 bits per heavy atom. The molecule has 1 N–H and O–H groups in total. The minimum absolute atomic E-state index is 0.714. The molecule has 0 atom stereocenters. The summed E-state index contributed by atoms with van der Waals surface area (Å²) >= 11 is 0. The molecule has 1 aromatic rings. The minimum Gasteiger partial charge on any atom is -0.492 e. The largest absolute Gasteiger partial charge is 0.492 e. The lowest BCUT2D eigenvalue weighted by molar-refractivity contribution is 0.261. The summed E-state index contributed by atoms with van der Waals surface area (Å²) in [7, 11) is 4.08. The van der Waals surface area contributed by atoms with Crippen LogP contribution in [0.4, 0.5) is 0 Å². The molecule has 0 fully saturated rings. The van der Waals surface area contributed by atoms with Crippen LogP contribution in [-0.4, -0.2) is 51.1 Å².